The summed E-state index contributed by atoms with van der Waals surface area (Å²) >= 11 is 12.8. The molecule has 1 atom stereocenters. The number of rotatable bonds is 4. The van der Waals surface area contributed by atoms with Gasteiger partial charge >= 0.3 is 0 Å². The summed E-state index contributed by atoms with van der Waals surface area (Å²) < 4.78 is 0. The minimum Gasteiger partial charge on any atom is -0.352 e. The Kier molecular flexibility index (Phi) is 5.28. The number of nitrogens with one attached hydrogen (secondary N) is 1. The van der Waals surface area contributed by atoms with Crippen LogP contribution in [0, 0.1) is 0 Å². The maximum absolute atomic E-state index is 12.2. The summed E-state index contributed by atoms with van der Waals surface area (Å²) in [7, 11) is 2.06. The maximum Gasteiger partial charge on any atom is 0.249 e. The highest BCUT2D eigenvalue weighted by Crippen LogP contribution is 2.41. The van der Waals surface area contributed by atoms with Crippen LogP contribution in [0.2, 0.25) is 10.0 Å². The van der Waals surface area contributed by atoms with Crippen molar-refractivity contribution >= 4 is 34.6 Å². The van der Waals surface area contributed by atoms with E-state index in [9.17, 15) is 9.59 Å². The molecule has 1 unspecified atom stereocenters. The molecule has 0 radical (unpaired) electrons. The second-order valence-corrected chi connectivity index (χ2v) is 8.86. The fourth-order valence-corrected chi connectivity index (χ4v) is 4.81. The fourth-order valence-electron chi connectivity index (χ4n) is 4.25. The van der Waals surface area contributed by atoms with Gasteiger partial charge in [0.15, 0.2) is 0 Å². The Hall–Kier alpha value is -2.14. The SMILES string of the molecule is CC(C)c1c(Nc2ccccc2C2CN(C)Cc3c(Cl)cc(Cl)cc32)c(=O)c1=O. The van der Waals surface area contributed by atoms with E-state index in [4.69, 9.17) is 23.2 Å². The number of anilines is 2. The molecule has 0 fully saturated rings. The van der Waals surface area contributed by atoms with E-state index in [1.807, 2.05) is 44.2 Å². The first-order valence-corrected chi connectivity index (χ1v) is 10.4. The minimum atomic E-state index is -0.448. The van der Waals surface area contributed by atoms with Crippen LogP contribution in [0.25, 0.3) is 0 Å². The van der Waals surface area contributed by atoms with Crippen LogP contribution in [0.15, 0.2) is 46.0 Å². The van der Waals surface area contributed by atoms with Gasteiger partial charge in [0.05, 0.1) is 5.69 Å². The first-order chi connectivity index (χ1) is 13.8. The zero-order chi connectivity index (χ0) is 20.9. The first-order valence-electron chi connectivity index (χ1n) is 9.63. The Morgan fingerprint density at radius 2 is 1.79 bits per heavy atom. The Morgan fingerprint density at radius 1 is 1.07 bits per heavy atom. The molecule has 150 valence electrons. The van der Waals surface area contributed by atoms with Gasteiger partial charge in [-0.2, -0.15) is 0 Å². The van der Waals surface area contributed by atoms with E-state index in [0.29, 0.717) is 21.3 Å². The Morgan fingerprint density at radius 3 is 2.52 bits per heavy atom. The van der Waals surface area contributed by atoms with Gasteiger partial charge in [-0.3, -0.25) is 9.59 Å². The summed E-state index contributed by atoms with van der Waals surface area (Å²) in [5.41, 5.74) is 4.18. The van der Waals surface area contributed by atoms with Gasteiger partial charge in [-0.25, -0.2) is 0 Å². The molecule has 29 heavy (non-hydrogen) atoms. The lowest BCUT2D eigenvalue weighted by Crippen LogP contribution is -2.38. The molecule has 1 aliphatic rings. The number of benzene rings is 2. The molecule has 0 amide bonds. The van der Waals surface area contributed by atoms with E-state index in [1.165, 1.54) is 0 Å². The summed E-state index contributed by atoms with van der Waals surface area (Å²) in [4.78, 5) is 26.4. The van der Waals surface area contributed by atoms with Gasteiger partial charge in [0.25, 0.3) is 0 Å². The highest BCUT2D eigenvalue weighted by molar-refractivity contribution is 6.35. The van der Waals surface area contributed by atoms with Crippen molar-refractivity contribution in [3.63, 3.8) is 0 Å². The molecule has 0 saturated carbocycles. The molecule has 3 aromatic rings. The summed E-state index contributed by atoms with van der Waals surface area (Å²) in [6.07, 6.45) is 0. The molecule has 1 aliphatic heterocycles. The number of halogens is 2. The van der Waals surface area contributed by atoms with Crippen molar-refractivity contribution in [3.05, 3.63) is 89.1 Å². The summed E-state index contributed by atoms with van der Waals surface area (Å²) in [6.45, 7) is 5.39. The maximum atomic E-state index is 12.2. The molecule has 0 spiro atoms. The lowest BCUT2D eigenvalue weighted by atomic mass is 9.83. The second kappa shape index (κ2) is 7.60. The number of fused-ring (bicyclic) bond motifs is 1. The van der Waals surface area contributed by atoms with Crippen LogP contribution in [0.3, 0.4) is 0 Å². The third-order valence-electron chi connectivity index (χ3n) is 5.61. The number of hydrogen-bond donors (Lipinski definition) is 1. The summed E-state index contributed by atoms with van der Waals surface area (Å²) in [6, 6.07) is 11.6. The van der Waals surface area contributed by atoms with Crippen molar-refractivity contribution in [1.29, 1.82) is 0 Å². The zero-order valence-electron chi connectivity index (χ0n) is 16.6. The highest BCUT2D eigenvalue weighted by Gasteiger charge is 2.30. The third-order valence-corrected chi connectivity index (χ3v) is 6.17. The average Bonchev–Trinajstić information content (AvgIpc) is 2.67. The van der Waals surface area contributed by atoms with Crippen LogP contribution in [-0.4, -0.2) is 18.5 Å². The van der Waals surface area contributed by atoms with E-state index in [2.05, 4.69) is 17.3 Å². The normalized spacial score (nSPS) is 17.0. The molecule has 0 aliphatic carbocycles. The van der Waals surface area contributed by atoms with Crippen LogP contribution in [0.1, 0.15) is 47.9 Å². The van der Waals surface area contributed by atoms with Crippen molar-refractivity contribution in [2.45, 2.75) is 32.2 Å². The molecule has 3 aromatic carbocycles. The highest BCUT2D eigenvalue weighted by atomic mass is 35.5. The lowest BCUT2D eigenvalue weighted by Gasteiger charge is -2.34. The molecule has 6 heteroatoms. The molecule has 0 saturated heterocycles. The van der Waals surface area contributed by atoms with Crippen LogP contribution in [-0.2, 0) is 6.54 Å². The van der Waals surface area contributed by atoms with Crippen LogP contribution in [0.4, 0.5) is 11.4 Å². The monoisotopic (exact) mass is 428 g/mol. The van der Waals surface area contributed by atoms with Gasteiger partial charge in [0, 0.05) is 40.3 Å². The van der Waals surface area contributed by atoms with Gasteiger partial charge in [0.1, 0.15) is 0 Å². The van der Waals surface area contributed by atoms with Gasteiger partial charge in [-0.1, -0.05) is 55.2 Å². The number of nitrogens with zero attached hydrogens (tertiary/aromatic N) is 1. The minimum absolute atomic E-state index is 0.00554. The molecule has 1 heterocycles. The van der Waals surface area contributed by atoms with E-state index in [0.717, 1.165) is 35.5 Å². The van der Waals surface area contributed by atoms with Crippen molar-refractivity contribution in [2.75, 3.05) is 18.9 Å². The van der Waals surface area contributed by atoms with Crippen LogP contribution >= 0.6 is 23.2 Å². The largest absolute Gasteiger partial charge is 0.352 e. The van der Waals surface area contributed by atoms with E-state index in [1.54, 1.807) is 6.07 Å². The first kappa shape index (κ1) is 20.1. The predicted molar refractivity (Wildman–Crippen MR) is 120 cm³/mol. The lowest BCUT2D eigenvalue weighted by molar-refractivity contribution is 0.295. The van der Waals surface area contributed by atoms with E-state index in [-0.39, 0.29) is 17.3 Å². The molecular formula is C23H22Cl2N2O2. The van der Waals surface area contributed by atoms with Gasteiger partial charge in [-0.15, -0.1) is 0 Å². The predicted octanol–water partition coefficient (Wildman–Crippen LogP) is 5.03. The summed E-state index contributed by atoms with van der Waals surface area (Å²) in [5.74, 6) is 0.0339. The third kappa shape index (κ3) is 3.50. The van der Waals surface area contributed by atoms with Gasteiger partial charge < -0.3 is 10.2 Å². The van der Waals surface area contributed by atoms with E-state index >= 15 is 0 Å². The van der Waals surface area contributed by atoms with Gasteiger partial charge in [0.2, 0.25) is 10.9 Å². The number of likely N-dealkylation sites (N-methyl/N-ethyl adjacent to an activating group) is 1. The van der Waals surface area contributed by atoms with Crippen molar-refractivity contribution in [1.82, 2.24) is 4.90 Å². The quantitative estimate of drug-likeness (QED) is 0.591. The molecule has 4 nitrogen and oxygen atoms in total. The fraction of sp³-hybridized carbons (Fsp3) is 0.304. The Balaban J connectivity index is 1.81. The number of para-hydroxylation sites is 1. The Bertz CT molecular complexity index is 1160. The smallest absolute Gasteiger partial charge is 0.249 e. The molecule has 0 aromatic heterocycles. The standard InChI is InChI=1S/C23H22Cl2N2O2/c1-12(2)20-21(23(29)22(20)28)26-19-7-5-4-6-14(19)16-10-27(3)11-17-15(16)8-13(24)9-18(17)25/h4-9,12,16,26H,10-11H2,1-3H3. The topological polar surface area (TPSA) is 49.4 Å². The van der Waals surface area contributed by atoms with Crippen molar-refractivity contribution in [2.24, 2.45) is 0 Å². The average molecular weight is 429 g/mol. The Labute approximate surface area is 179 Å². The molecular weight excluding hydrogens is 407 g/mol. The molecule has 1 N–H and O–H groups in total. The number of hydrogen-bond acceptors (Lipinski definition) is 4. The second-order valence-electron chi connectivity index (χ2n) is 8.02. The zero-order valence-corrected chi connectivity index (χ0v) is 18.1. The van der Waals surface area contributed by atoms with Crippen molar-refractivity contribution < 1.29 is 0 Å². The summed E-state index contributed by atoms with van der Waals surface area (Å²) in [5, 5.41) is 4.53. The molecule has 4 rings (SSSR count). The van der Waals surface area contributed by atoms with E-state index < -0.39 is 5.43 Å². The van der Waals surface area contributed by atoms with Crippen LogP contribution < -0.4 is 16.2 Å². The van der Waals surface area contributed by atoms with Crippen LogP contribution in [0.5, 0.6) is 0 Å². The van der Waals surface area contributed by atoms with Gasteiger partial charge in [-0.05, 0) is 47.9 Å². The van der Waals surface area contributed by atoms with Crippen molar-refractivity contribution in [3.8, 4) is 0 Å². The molecule has 0 bridgehead atoms.